The van der Waals surface area contributed by atoms with Gasteiger partial charge in [-0.15, -0.1) is 22.7 Å². The Morgan fingerprint density at radius 3 is 2.40 bits per heavy atom. The van der Waals surface area contributed by atoms with Crippen molar-refractivity contribution < 1.29 is 17.2 Å². The summed E-state index contributed by atoms with van der Waals surface area (Å²) in [5, 5.41) is 2.69. The third-order valence-corrected chi connectivity index (χ3v) is 7.27. The van der Waals surface area contributed by atoms with Crippen molar-refractivity contribution in [1.29, 1.82) is 0 Å². The van der Waals surface area contributed by atoms with Crippen LogP contribution in [-0.4, -0.2) is 13.4 Å². The number of thiazole rings is 1. The molecule has 2 heterocycles. The lowest BCUT2D eigenvalue weighted by Gasteiger charge is -2.06. The summed E-state index contributed by atoms with van der Waals surface area (Å²) in [6.45, 7) is 4.07. The standard InChI is InChI=1S/C16H14F2N2O2S3/c1-9(2)13-8-23-16(19-13)14-3-4-15(24-14)25(21,22)20-12-6-10(17)5-11(18)7-12/h3-9,20H,1-2H3. The lowest BCUT2D eigenvalue weighted by Crippen LogP contribution is -2.11. The number of halogens is 2. The van der Waals surface area contributed by atoms with E-state index in [1.165, 1.54) is 17.4 Å². The van der Waals surface area contributed by atoms with Gasteiger partial charge in [-0.3, -0.25) is 4.72 Å². The van der Waals surface area contributed by atoms with Gasteiger partial charge >= 0.3 is 0 Å². The van der Waals surface area contributed by atoms with Gasteiger partial charge in [0.25, 0.3) is 10.0 Å². The van der Waals surface area contributed by atoms with Crippen molar-refractivity contribution in [2.24, 2.45) is 0 Å². The van der Waals surface area contributed by atoms with Crippen LogP contribution in [0.25, 0.3) is 9.88 Å². The van der Waals surface area contributed by atoms with Gasteiger partial charge in [-0.25, -0.2) is 22.2 Å². The first-order valence-corrected chi connectivity index (χ1v) is 10.5. The summed E-state index contributed by atoms with van der Waals surface area (Å²) in [4.78, 5) is 5.22. The van der Waals surface area contributed by atoms with Crippen LogP contribution in [0.1, 0.15) is 25.5 Å². The Balaban J connectivity index is 1.87. The normalized spacial score (nSPS) is 11.9. The molecular weight excluding hydrogens is 386 g/mol. The molecule has 0 aliphatic heterocycles. The molecule has 0 fully saturated rings. The molecule has 0 radical (unpaired) electrons. The number of aromatic nitrogens is 1. The molecule has 0 saturated heterocycles. The van der Waals surface area contributed by atoms with Gasteiger partial charge < -0.3 is 0 Å². The van der Waals surface area contributed by atoms with Crippen molar-refractivity contribution >= 4 is 38.4 Å². The van der Waals surface area contributed by atoms with Crippen molar-refractivity contribution in [2.45, 2.75) is 24.0 Å². The van der Waals surface area contributed by atoms with E-state index in [0.29, 0.717) is 6.07 Å². The highest BCUT2D eigenvalue weighted by Crippen LogP contribution is 2.34. The summed E-state index contributed by atoms with van der Waals surface area (Å²) in [6.07, 6.45) is 0. The maximum absolute atomic E-state index is 13.2. The summed E-state index contributed by atoms with van der Waals surface area (Å²) < 4.78 is 53.5. The highest BCUT2D eigenvalue weighted by molar-refractivity contribution is 7.94. The van der Waals surface area contributed by atoms with E-state index in [2.05, 4.69) is 9.71 Å². The van der Waals surface area contributed by atoms with Crippen LogP contribution >= 0.6 is 22.7 Å². The molecular formula is C16H14F2N2O2S3. The Morgan fingerprint density at radius 2 is 1.80 bits per heavy atom. The fourth-order valence-electron chi connectivity index (χ4n) is 2.06. The second kappa shape index (κ2) is 6.81. The summed E-state index contributed by atoms with van der Waals surface area (Å²) in [7, 11) is -3.93. The van der Waals surface area contributed by atoms with Crippen molar-refractivity contribution in [1.82, 2.24) is 4.98 Å². The Morgan fingerprint density at radius 1 is 1.12 bits per heavy atom. The van der Waals surface area contributed by atoms with Crippen LogP contribution in [0.5, 0.6) is 0 Å². The van der Waals surface area contributed by atoms with Crippen LogP contribution in [0.15, 0.2) is 39.9 Å². The molecule has 132 valence electrons. The Labute approximate surface area is 152 Å². The van der Waals surface area contributed by atoms with Crippen LogP contribution in [-0.2, 0) is 10.0 Å². The minimum absolute atomic E-state index is 0.0495. The van der Waals surface area contributed by atoms with E-state index in [0.717, 1.165) is 39.0 Å². The van der Waals surface area contributed by atoms with Gasteiger partial charge in [0.1, 0.15) is 20.9 Å². The molecule has 0 aliphatic rings. The molecule has 4 nitrogen and oxygen atoms in total. The van der Waals surface area contributed by atoms with Crippen LogP contribution in [0, 0.1) is 11.6 Å². The molecule has 0 atom stereocenters. The van der Waals surface area contributed by atoms with Gasteiger partial charge in [0.2, 0.25) is 0 Å². The molecule has 25 heavy (non-hydrogen) atoms. The molecule has 3 aromatic rings. The largest absolute Gasteiger partial charge is 0.279 e. The summed E-state index contributed by atoms with van der Waals surface area (Å²) >= 11 is 2.50. The zero-order valence-electron chi connectivity index (χ0n) is 13.3. The zero-order valence-corrected chi connectivity index (χ0v) is 15.7. The SMILES string of the molecule is CC(C)c1csc(-c2ccc(S(=O)(=O)Nc3cc(F)cc(F)c3)s2)n1. The molecule has 0 saturated carbocycles. The first-order valence-electron chi connectivity index (χ1n) is 7.29. The van der Waals surface area contributed by atoms with Gasteiger partial charge in [-0.2, -0.15) is 0 Å². The predicted molar refractivity (Wildman–Crippen MR) is 96.7 cm³/mol. The molecule has 2 aromatic heterocycles. The van der Waals surface area contributed by atoms with E-state index in [9.17, 15) is 17.2 Å². The van der Waals surface area contributed by atoms with Gasteiger partial charge in [0.15, 0.2) is 0 Å². The Bertz CT molecular complexity index is 990. The highest BCUT2D eigenvalue weighted by atomic mass is 32.2. The topological polar surface area (TPSA) is 59.1 Å². The number of rotatable bonds is 5. The van der Waals surface area contributed by atoms with Gasteiger partial charge in [-0.1, -0.05) is 13.8 Å². The molecule has 0 amide bonds. The molecule has 0 aliphatic carbocycles. The van der Waals surface area contributed by atoms with Crippen molar-refractivity contribution in [3.63, 3.8) is 0 Å². The minimum Gasteiger partial charge on any atom is -0.279 e. The number of sulfonamides is 1. The van der Waals surface area contributed by atoms with Gasteiger partial charge in [0, 0.05) is 11.4 Å². The van der Waals surface area contributed by atoms with Crippen molar-refractivity contribution in [3.05, 3.63) is 53.0 Å². The maximum atomic E-state index is 13.2. The Kier molecular flexibility index (Phi) is 4.90. The van der Waals surface area contributed by atoms with E-state index in [-0.39, 0.29) is 15.8 Å². The number of hydrogen-bond donors (Lipinski definition) is 1. The number of hydrogen-bond acceptors (Lipinski definition) is 5. The monoisotopic (exact) mass is 400 g/mol. The van der Waals surface area contributed by atoms with E-state index < -0.39 is 21.7 Å². The van der Waals surface area contributed by atoms with E-state index in [4.69, 9.17) is 0 Å². The fraction of sp³-hybridized carbons (Fsp3) is 0.188. The minimum atomic E-state index is -3.93. The maximum Gasteiger partial charge on any atom is 0.271 e. The van der Waals surface area contributed by atoms with Crippen LogP contribution in [0.4, 0.5) is 14.5 Å². The van der Waals surface area contributed by atoms with E-state index in [1.807, 2.05) is 19.2 Å². The second-order valence-corrected chi connectivity index (χ2v) is 9.47. The average molecular weight is 400 g/mol. The van der Waals surface area contributed by atoms with Gasteiger partial charge in [-0.05, 0) is 30.2 Å². The summed E-state index contributed by atoms with van der Waals surface area (Å²) in [5.41, 5.74) is 0.787. The van der Waals surface area contributed by atoms with Crippen molar-refractivity contribution in [3.8, 4) is 9.88 Å². The number of benzene rings is 1. The predicted octanol–water partition coefficient (Wildman–Crippen LogP) is 5.07. The molecule has 3 rings (SSSR count). The van der Waals surface area contributed by atoms with Gasteiger partial charge in [0.05, 0.1) is 16.3 Å². The molecule has 0 bridgehead atoms. The third-order valence-electron chi connectivity index (χ3n) is 3.29. The van der Waals surface area contributed by atoms with Crippen molar-refractivity contribution in [2.75, 3.05) is 4.72 Å². The lowest BCUT2D eigenvalue weighted by atomic mass is 10.2. The highest BCUT2D eigenvalue weighted by Gasteiger charge is 2.19. The quantitative estimate of drug-likeness (QED) is 0.650. The molecule has 9 heteroatoms. The summed E-state index contributed by atoms with van der Waals surface area (Å²) in [6, 6.07) is 5.65. The number of thiophene rings is 1. The first-order chi connectivity index (χ1) is 11.7. The lowest BCUT2D eigenvalue weighted by molar-refractivity contribution is 0.584. The van der Waals surface area contributed by atoms with Crippen LogP contribution < -0.4 is 4.72 Å². The average Bonchev–Trinajstić information content (AvgIpc) is 3.15. The molecule has 0 spiro atoms. The Hall–Kier alpha value is -1.84. The molecule has 1 aromatic carbocycles. The van der Waals surface area contributed by atoms with E-state index >= 15 is 0 Å². The van der Waals surface area contributed by atoms with E-state index in [1.54, 1.807) is 6.07 Å². The molecule has 1 N–H and O–H groups in total. The number of anilines is 1. The first kappa shape index (κ1) is 18.0. The second-order valence-electron chi connectivity index (χ2n) is 5.61. The fourth-order valence-corrected chi connectivity index (χ4v) is 5.46. The van der Waals surface area contributed by atoms with Crippen LogP contribution in [0.2, 0.25) is 0 Å². The zero-order chi connectivity index (χ0) is 18.2. The number of nitrogens with one attached hydrogen (secondary N) is 1. The molecule has 0 unspecified atom stereocenters. The summed E-state index contributed by atoms with van der Waals surface area (Å²) in [5.74, 6) is -1.42. The third kappa shape index (κ3) is 4.05. The smallest absolute Gasteiger partial charge is 0.271 e. The van der Waals surface area contributed by atoms with Crippen LogP contribution in [0.3, 0.4) is 0 Å². The number of nitrogens with zero attached hydrogens (tertiary/aromatic N) is 1.